The number of fused-ring (bicyclic) bond motifs is 2. The summed E-state index contributed by atoms with van der Waals surface area (Å²) in [6.07, 6.45) is 17.7. The van der Waals surface area contributed by atoms with Crippen LogP contribution in [0.15, 0.2) is 42.5 Å². The van der Waals surface area contributed by atoms with E-state index in [0.29, 0.717) is 18.3 Å². The predicted molar refractivity (Wildman–Crippen MR) is 129 cm³/mol. The van der Waals surface area contributed by atoms with Gasteiger partial charge in [-0.2, -0.15) is 0 Å². The van der Waals surface area contributed by atoms with E-state index in [1.165, 1.54) is 75.8 Å². The molecular formula is C29H39FO. The molecule has 0 aliphatic heterocycles. The molecule has 168 valence electrons. The average Bonchev–Trinajstić information content (AvgIpc) is 2.79. The van der Waals surface area contributed by atoms with Gasteiger partial charge in [-0.05, 0) is 85.8 Å². The summed E-state index contributed by atoms with van der Waals surface area (Å²) in [5, 5.41) is 1.66. The molecule has 2 aromatic rings. The summed E-state index contributed by atoms with van der Waals surface area (Å²) in [6, 6.07) is 9.93. The monoisotopic (exact) mass is 422 g/mol. The molecule has 0 radical (unpaired) electrons. The molecule has 0 heterocycles. The van der Waals surface area contributed by atoms with Crippen LogP contribution >= 0.6 is 0 Å². The first-order valence-electron chi connectivity index (χ1n) is 12.6. The van der Waals surface area contributed by atoms with E-state index in [4.69, 9.17) is 4.74 Å². The van der Waals surface area contributed by atoms with E-state index >= 15 is 0 Å². The number of rotatable bonds is 8. The largest absolute Gasteiger partial charge is 0.489 e. The highest BCUT2D eigenvalue weighted by Crippen LogP contribution is 2.48. The summed E-state index contributed by atoms with van der Waals surface area (Å²) in [5.74, 6) is 3.81. The second-order valence-electron chi connectivity index (χ2n) is 9.97. The summed E-state index contributed by atoms with van der Waals surface area (Å²) in [6.45, 7) is 4.73. The molecule has 1 nitrogen and oxygen atoms in total. The molecule has 2 saturated carbocycles. The molecule has 4 unspecified atom stereocenters. The predicted octanol–water partition coefficient (Wildman–Crippen LogP) is 8.81. The molecule has 2 fully saturated rings. The third-order valence-electron chi connectivity index (χ3n) is 7.89. The van der Waals surface area contributed by atoms with Crippen LogP contribution in [0.3, 0.4) is 0 Å². The minimum absolute atomic E-state index is 0.170. The maximum Gasteiger partial charge on any atom is 0.134 e. The molecule has 2 aromatic carbocycles. The summed E-state index contributed by atoms with van der Waals surface area (Å²) in [4.78, 5) is 0. The summed E-state index contributed by atoms with van der Waals surface area (Å²) in [5.41, 5.74) is 1.33. The number of hydrogen-bond acceptors (Lipinski definition) is 1. The van der Waals surface area contributed by atoms with E-state index in [1.54, 1.807) is 0 Å². The highest BCUT2D eigenvalue weighted by Gasteiger charge is 2.35. The van der Waals surface area contributed by atoms with Crippen molar-refractivity contribution in [1.82, 2.24) is 0 Å². The standard InChI is InChI=1S/C29H39FO/c1-3-5-7-8-21-9-10-23-17-24(12-11-22(23)16-21)25-13-14-26-18-27(31-15-6-4-2)20-29(30)28(26)19-25/h4,6,13-14,18-24H,3,5,7-12,15-17H2,1-2H3. The smallest absolute Gasteiger partial charge is 0.134 e. The first-order chi connectivity index (χ1) is 15.2. The van der Waals surface area contributed by atoms with Gasteiger partial charge in [0.1, 0.15) is 18.2 Å². The normalized spacial score (nSPS) is 26.3. The molecular weight excluding hydrogens is 383 g/mol. The summed E-state index contributed by atoms with van der Waals surface area (Å²) < 4.78 is 20.5. The lowest BCUT2D eigenvalue weighted by Crippen LogP contribution is -2.30. The van der Waals surface area contributed by atoms with Gasteiger partial charge in [-0.15, -0.1) is 0 Å². The molecule has 2 aliphatic carbocycles. The Kier molecular flexibility index (Phi) is 7.69. The highest BCUT2D eigenvalue weighted by atomic mass is 19.1. The molecule has 31 heavy (non-hydrogen) atoms. The van der Waals surface area contributed by atoms with E-state index in [9.17, 15) is 4.39 Å². The number of allylic oxidation sites excluding steroid dienone is 1. The maximum atomic E-state index is 14.8. The van der Waals surface area contributed by atoms with E-state index in [-0.39, 0.29) is 5.82 Å². The Hall–Kier alpha value is -1.83. The molecule has 0 amide bonds. The van der Waals surface area contributed by atoms with Crippen molar-refractivity contribution in [2.45, 2.75) is 84.0 Å². The molecule has 0 aromatic heterocycles. The number of ether oxygens (including phenoxy) is 1. The van der Waals surface area contributed by atoms with Gasteiger partial charge < -0.3 is 4.74 Å². The minimum Gasteiger partial charge on any atom is -0.489 e. The Morgan fingerprint density at radius 3 is 2.68 bits per heavy atom. The Morgan fingerprint density at radius 1 is 1.00 bits per heavy atom. The zero-order chi connectivity index (χ0) is 21.6. The van der Waals surface area contributed by atoms with Crippen molar-refractivity contribution in [3.05, 3.63) is 53.9 Å². The molecule has 0 spiro atoms. The van der Waals surface area contributed by atoms with Crippen LogP contribution < -0.4 is 4.74 Å². The lowest BCUT2D eigenvalue weighted by molar-refractivity contribution is 0.113. The number of halogens is 1. The third-order valence-corrected chi connectivity index (χ3v) is 7.89. The lowest BCUT2D eigenvalue weighted by atomic mass is 9.63. The van der Waals surface area contributed by atoms with Gasteiger partial charge in [0.2, 0.25) is 0 Å². The molecule has 0 saturated heterocycles. The van der Waals surface area contributed by atoms with Gasteiger partial charge in [0, 0.05) is 11.5 Å². The molecule has 4 rings (SSSR count). The molecule has 0 bridgehead atoms. The quantitative estimate of drug-likeness (QED) is 0.305. The van der Waals surface area contributed by atoms with Crippen LogP contribution in [0.4, 0.5) is 4.39 Å². The second kappa shape index (κ2) is 10.7. The Balaban J connectivity index is 1.40. The van der Waals surface area contributed by atoms with Crippen LogP contribution in [0.1, 0.15) is 89.5 Å². The molecule has 2 aliphatic rings. The van der Waals surface area contributed by atoms with Gasteiger partial charge in [-0.3, -0.25) is 0 Å². The Labute approximate surface area is 188 Å². The fourth-order valence-electron chi connectivity index (χ4n) is 6.12. The van der Waals surface area contributed by atoms with Crippen molar-refractivity contribution < 1.29 is 9.13 Å². The van der Waals surface area contributed by atoms with E-state index in [0.717, 1.165) is 28.5 Å². The Bertz CT molecular complexity index is 886. The minimum atomic E-state index is -0.170. The highest BCUT2D eigenvalue weighted by molar-refractivity contribution is 5.85. The van der Waals surface area contributed by atoms with Crippen LogP contribution in [0.5, 0.6) is 5.75 Å². The molecule has 4 atom stereocenters. The van der Waals surface area contributed by atoms with Gasteiger partial charge >= 0.3 is 0 Å². The topological polar surface area (TPSA) is 9.23 Å². The lowest BCUT2D eigenvalue weighted by Gasteiger charge is -2.42. The van der Waals surface area contributed by atoms with Crippen molar-refractivity contribution in [1.29, 1.82) is 0 Å². The average molecular weight is 423 g/mol. The van der Waals surface area contributed by atoms with Gasteiger partial charge in [-0.1, -0.05) is 63.3 Å². The zero-order valence-electron chi connectivity index (χ0n) is 19.4. The Morgan fingerprint density at radius 2 is 1.84 bits per heavy atom. The van der Waals surface area contributed by atoms with Crippen molar-refractivity contribution in [2.24, 2.45) is 17.8 Å². The first-order valence-corrected chi connectivity index (χ1v) is 12.6. The van der Waals surface area contributed by atoms with Gasteiger partial charge in [-0.25, -0.2) is 4.39 Å². The van der Waals surface area contributed by atoms with Crippen LogP contribution in [0.2, 0.25) is 0 Å². The van der Waals surface area contributed by atoms with Crippen LogP contribution in [0.25, 0.3) is 10.8 Å². The van der Waals surface area contributed by atoms with E-state index in [1.807, 2.05) is 25.1 Å². The van der Waals surface area contributed by atoms with Crippen molar-refractivity contribution in [3.8, 4) is 5.75 Å². The second-order valence-corrected chi connectivity index (χ2v) is 9.97. The van der Waals surface area contributed by atoms with Crippen LogP contribution in [-0.2, 0) is 0 Å². The van der Waals surface area contributed by atoms with Gasteiger partial charge in [0.15, 0.2) is 0 Å². The van der Waals surface area contributed by atoms with Crippen molar-refractivity contribution >= 4 is 10.8 Å². The third kappa shape index (κ3) is 5.51. The molecule has 0 N–H and O–H groups in total. The number of hydrogen-bond donors (Lipinski definition) is 0. The number of unbranched alkanes of at least 4 members (excludes halogenated alkanes) is 2. The van der Waals surface area contributed by atoms with E-state index < -0.39 is 0 Å². The van der Waals surface area contributed by atoms with Crippen molar-refractivity contribution in [3.63, 3.8) is 0 Å². The number of benzene rings is 2. The van der Waals surface area contributed by atoms with E-state index in [2.05, 4.69) is 25.1 Å². The van der Waals surface area contributed by atoms with Gasteiger partial charge in [0.05, 0.1) is 0 Å². The first kappa shape index (κ1) is 22.4. The summed E-state index contributed by atoms with van der Waals surface area (Å²) >= 11 is 0. The van der Waals surface area contributed by atoms with Crippen molar-refractivity contribution in [2.75, 3.05) is 6.61 Å². The fraction of sp³-hybridized carbons (Fsp3) is 0.586. The fourth-order valence-corrected chi connectivity index (χ4v) is 6.12. The summed E-state index contributed by atoms with van der Waals surface area (Å²) in [7, 11) is 0. The molecule has 2 heteroatoms. The SMILES string of the molecule is CC=CCOc1cc(F)c2cc(C3CCC4CC(CCCCC)CCC4C3)ccc2c1. The zero-order valence-corrected chi connectivity index (χ0v) is 19.4. The van der Waals surface area contributed by atoms with Gasteiger partial charge in [0.25, 0.3) is 0 Å². The van der Waals surface area contributed by atoms with Crippen LogP contribution in [-0.4, -0.2) is 6.61 Å². The maximum absolute atomic E-state index is 14.8. The van der Waals surface area contributed by atoms with Crippen LogP contribution in [0, 0.1) is 23.6 Å².